The molecule has 0 bridgehead atoms. The SMILES string of the molecule is CN=C(C)c1c(C(=O)O)cc(C)nc1Nc1ccc(S(N)(=O)=O)cc1. The highest BCUT2D eigenvalue weighted by atomic mass is 32.2. The van der Waals surface area contributed by atoms with Crippen molar-refractivity contribution in [3.63, 3.8) is 0 Å². The minimum Gasteiger partial charge on any atom is -0.478 e. The lowest BCUT2D eigenvalue weighted by Crippen LogP contribution is -2.13. The molecular weight excluding hydrogens is 344 g/mol. The predicted molar refractivity (Wildman–Crippen MR) is 95.2 cm³/mol. The number of sulfonamides is 1. The van der Waals surface area contributed by atoms with Crippen molar-refractivity contribution in [2.45, 2.75) is 18.7 Å². The Morgan fingerprint density at radius 2 is 1.88 bits per heavy atom. The zero-order valence-electron chi connectivity index (χ0n) is 13.9. The Hall–Kier alpha value is -2.78. The maximum absolute atomic E-state index is 11.6. The number of carboxylic acids is 1. The fourth-order valence-corrected chi connectivity index (χ4v) is 2.79. The highest BCUT2D eigenvalue weighted by molar-refractivity contribution is 7.89. The first-order valence-corrected chi connectivity index (χ1v) is 8.76. The summed E-state index contributed by atoms with van der Waals surface area (Å²) in [4.78, 5) is 20.0. The molecule has 0 saturated heterocycles. The van der Waals surface area contributed by atoms with Crippen LogP contribution in [0.3, 0.4) is 0 Å². The number of pyridine rings is 1. The lowest BCUT2D eigenvalue weighted by molar-refractivity contribution is 0.0696. The number of aryl methyl sites for hydroxylation is 1. The first-order chi connectivity index (χ1) is 11.6. The molecule has 132 valence electrons. The van der Waals surface area contributed by atoms with E-state index < -0.39 is 16.0 Å². The van der Waals surface area contributed by atoms with Crippen molar-refractivity contribution in [2.24, 2.45) is 10.1 Å². The zero-order chi connectivity index (χ0) is 18.8. The van der Waals surface area contributed by atoms with Gasteiger partial charge in [-0.2, -0.15) is 0 Å². The molecule has 0 unspecified atom stereocenters. The van der Waals surface area contributed by atoms with E-state index in [0.29, 0.717) is 28.5 Å². The number of primary sulfonamides is 1. The van der Waals surface area contributed by atoms with Crippen LogP contribution in [0.4, 0.5) is 11.5 Å². The van der Waals surface area contributed by atoms with Crippen LogP contribution in [0.25, 0.3) is 0 Å². The van der Waals surface area contributed by atoms with Crippen LogP contribution < -0.4 is 10.5 Å². The third-order valence-electron chi connectivity index (χ3n) is 3.52. The van der Waals surface area contributed by atoms with Crippen molar-refractivity contribution in [3.8, 4) is 0 Å². The maximum atomic E-state index is 11.6. The molecule has 25 heavy (non-hydrogen) atoms. The van der Waals surface area contributed by atoms with Crippen LogP contribution in [0.1, 0.15) is 28.5 Å². The second-order valence-electron chi connectivity index (χ2n) is 5.34. The van der Waals surface area contributed by atoms with Gasteiger partial charge in [0.1, 0.15) is 5.82 Å². The summed E-state index contributed by atoms with van der Waals surface area (Å²) >= 11 is 0. The van der Waals surface area contributed by atoms with Crippen molar-refractivity contribution in [1.82, 2.24) is 4.98 Å². The fourth-order valence-electron chi connectivity index (χ4n) is 2.27. The number of nitrogens with two attached hydrogens (primary N) is 1. The molecule has 8 nitrogen and oxygen atoms in total. The van der Waals surface area contributed by atoms with Gasteiger partial charge in [-0.15, -0.1) is 0 Å². The lowest BCUT2D eigenvalue weighted by Gasteiger charge is -2.15. The molecule has 1 aromatic heterocycles. The summed E-state index contributed by atoms with van der Waals surface area (Å²) in [6.07, 6.45) is 0. The minimum absolute atomic E-state index is 0.0204. The van der Waals surface area contributed by atoms with Gasteiger partial charge in [0, 0.05) is 24.1 Å². The Bertz CT molecular complexity index is 951. The number of aliphatic imine (C=N–C) groups is 1. The van der Waals surface area contributed by atoms with Gasteiger partial charge in [-0.3, -0.25) is 4.99 Å². The van der Waals surface area contributed by atoms with Crippen LogP contribution in [0.5, 0.6) is 0 Å². The van der Waals surface area contributed by atoms with Gasteiger partial charge >= 0.3 is 5.97 Å². The number of aromatic nitrogens is 1. The Morgan fingerprint density at radius 3 is 2.36 bits per heavy atom. The van der Waals surface area contributed by atoms with Gasteiger partial charge in [0.05, 0.1) is 16.0 Å². The molecule has 0 atom stereocenters. The number of hydrogen-bond donors (Lipinski definition) is 3. The normalized spacial score (nSPS) is 12.1. The number of aromatic carboxylic acids is 1. The Labute approximate surface area is 145 Å². The highest BCUT2D eigenvalue weighted by Gasteiger charge is 2.19. The standard InChI is InChI=1S/C16H18N4O4S/c1-9-8-13(16(21)22)14(10(2)18-3)15(19-9)20-11-4-6-12(7-5-11)25(17,23)24/h4-8H,1-3H3,(H,19,20)(H,21,22)(H2,17,23,24). The van der Waals surface area contributed by atoms with Gasteiger partial charge in [-0.1, -0.05) is 0 Å². The molecule has 0 spiro atoms. The van der Waals surface area contributed by atoms with Crippen LogP contribution in [0.2, 0.25) is 0 Å². The first-order valence-electron chi connectivity index (χ1n) is 7.22. The van der Waals surface area contributed by atoms with Gasteiger partial charge in [0.2, 0.25) is 10.0 Å². The average molecular weight is 362 g/mol. The van der Waals surface area contributed by atoms with E-state index in [4.69, 9.17) is 5.14 Å². The van der Waals surface area contributed by atoms with Gasteiger partial charge in [-0.05, 0) is 44.2 Å². The van der Waals surface area contributed by atoms with E-state index in [1.54, 1.807) is 20.9 Å². The quantitative estimate of drug-likeness (QED) is 0.696. The van der Waals surface area contributed by atoms with Crippen molar-refractivity contribution >= 4 is 33.2 Å². The summed E-state index contributed by atoms with van der Waals surface area (Å²) in [6.45, 7) is 3.37. The third kappa shape index (κ3) is 4.20. The summed E-state index contributed by atoms with van der Waals surface area (Å²) in [5.74, 6) is -0.764. The van der Waals surface area contributed by atoms with Crippen molar-refractivity contribution in [2.75, 3.05) is 12.4 Å². The lowest BCUT2D eigenvalue weighted by atomic mass is 10.0. The van der Waals surface area contributed by atoms with Gasteiger partial charge < -0.3 is 10.4 Å². The second kappa shape index (κ2) is 6.99. The molecule has 0 fully saturated rings. The van der Waals surface area contributed by atoms with Crippen LogP contribution in [-0.4, -0.2) is 37.2 Å². The summed E-state index contributed by atoms with van der Waals surface area (Å²) < 4.78 is 22.6. The number of benzene rings is 1. The topological polar surface area (TPSA) is 135 Å². The maximum Gasteiger partial charge on any atom is 0.336 e. The van der Waals surface area contributed by atoms with Crippen molar-refractivity contribution in [3.05, 3.63) is 47.2 Å². The third-order valence-corrected chi connectivity index (χ3v) is 4.45. The van der Waals surface area contributed by atoms with Gasteiger partial charge in [0.15, 0.2) is 0 Å². The van der Waals surface area contributed by atoms with Crippen molar-refractivity contribution in [1.29, 1.82) is 0 Å². The van der Waals surface area contributed by atoms with Gasteiger partial charge in [0.25, 0.3) is 0 Å². The molecule has 0 amide bonds. The fraction of sp³-hybridized carbons (Fsp3) is 0.188. The van der Waals surface area contributed by atoms with Gasteiger partial charge in [-0.25, -0.2) is 23.3 Å². The van der Waals surface area contributed by atoms with E-state index in [9.17, 15) is 18.3 Å². The van der Waals surface area contributed by atoms with Crippen molar-refractivity contribution < 1.29 is 18.3 Å². The molecule has 0 aliphatic rings. The number of hydrogen-bond acceptors (Lipinski definition) is 6. The smallest absolute Gasteiger partial charge is 0.336 e. The molecule has 0 aliphatic carbocycles. The number of carbonyl (C=O) groups is 1. The number of anilines is 2. The van der Waals surface area contributed by atoms with E-state index in [2.05, 4.69) is 15.3 Å². The molecule has 0 aliphatic heterocycles. The van der Waals surface area contributed by atoms with E-state index in [1.165, 1.54) is 30.3 Å². The van der Waals surface area contributed by atoms with Crippen LogP contribution >= 0.6 is 0 Å². The Kier molecular flexibility index (Phi) is 5.19. The number of nitrogens with one attached hydrogen (secondary N) is 1. The van der Waals surface area contributed by atoms with E-state index >= 15 is 0 Å². The summed E-state index contributed by atoms with van der Waals surface area (Å²) in [5.41, 5.74) is 2.02. The number of nitrogens with zero attached hydrogens (tertiary/aromatic N) is 2. The van der Waals surface area contributed by atoms with E-state index in [0.717, 1.165) is 0 Å². The summed E-state index contributed by atoms with van der Waals surface area (Å²) in [5, 5.41) is 17.5. The molecule has 0 saturated carbocycles. The molecular formula is C16H18N4O4S. The van der Waals surface area contributed by atoms with Crippen LogP contribution in [0.15, 0.2) is 40.2 Å². The number of rotatable bonds is 5. The predicted octanol–water partition coefficient (Wildman–Crippen LogP) is 1.92. The Balaban J connectivity index is 2.54. The number of carboxylic acid groups (broad SMARTS) is 1. The largest absolute Gasteiger partial charge is 0.478 e. The minimum atomic E-state index is -3.78. The average Bonchev–Trinajstić information content (AvgIpc) is 2.53. The molecule has 1 heterocycles. The molecule has 1 aromatic carbocycles. The van der Waals surface area contributed by atoms with E-state index in [1.807, 2.05) is 0 Å². The monoisotopic (exact) mass is 362 g/mol. The van der Waals surface area contributed by atoms with Crippen LogP contribution in [-0.2, 0) is 10.0 Å². The summed E-state index contributed by atoms with van der Waals surface area (Å²) in [7, 11) is -2.22. The highest BCUT2D eigenvalue weighted by Crippen LogP contribution is 2.25. The van der Waals surface area contributed by atoms with Crippen LogP contribution in [0, 0.1) is 6.92 Å². The first kappa shape index (κ1) is 18.6. The molecule has 2 rings (SSSR count). The molecule has 2 aromatic rings. The zero-order valence-corrected chi connectivity index (χ0v) is 14.8. The second-order valence-corrected chi connectivity index (χ2v) is 6.90. The summed E-state index contributed by atoms with van der Waals surface area (Å²) in [6, 6.07) is 7.22. The molecule has 9 heteroatoms. The molecule has 4 N–H and O–H groups in total. The molecule has 0 radical (unpaired) electrons. The Morgan fingerprint density at radius 1 is 1.28 bits per heavy atom. The van der Waals surface area contributed by atoms with E-state index in [-0.39, 0.29) is 10.5 Å².